The molecule has 0 bridgehead atoms. The van der Waals surface area contributed by atoms with Gasteiger partial charge in [-0.15, -0.1) is 11.3 Å². The molecule has 6 nitrogen and oxygen atoms in total. The van der Waals surface area contributed by atoms with Gasteiger partial charge >= 0.3 is 0 Å². The van der Waals surface area contributed by atoms with Gasteiger partial charge in [-0.3, -0.25) is 9.59 Å². The molecule has 1 aromatic carbocycles. The van der Waals surface area contributed by atoms with Crippen LogP contribution in [0.1, 0.15) is 34.4 Å². The second kappa shape index (κ2) is 6.33. The lowest BCUT2D eigenvalue weighted by molar-refractivity contribution is 0.0729. The summed E-state index contributed by atoms with van der Waals surface area (Å²) in [5, 5.41) is 0.947. The van der Waals surface area contributed by atoms with Crippen LogP contribution in [-0.2, 0) is 0 Å². The van der Waals surface area contributed by atoms with Gasteiger partial charge in [0.2, 0.25) is 5.43 Å². The van der Waals surface area contributed by atoms with E-state index in [9.17, 15) is 9.59 Å². The number of amides is 1. The Morgan fingerprint density at radius 1 is 1.40 bits per heavy atom. The van der Waals surface area contributed by atoms with E-state index < -0.39 is 0 Å². The summed E-state index contributed by atoms with van der Waals surface area (Å²) in [6.07, 6.45) is 3.23. The number of carbonyl (C=O) groups is 1. The van der Waals surface area contributed by atoms with Crippen molar-refractivity contribution in [1.29, 1.82) is 0 Å². The Morgan fingerprint density at radius 3 is 3.00 bits per heavy atom. The number of aromatic amines is 1. The molecule has 0 radical (unpaired) electrons. The quantitative estimate of drug-likeness (QED) is 0.784. The van der Waals surface area contributed by atoms with Gasteiger partial charge in [-0.05, 0) is 25.0 Å². The number of carbonyl (C=O) groups excluding carboxylic acids is 1. The van der Waals surface area contributed by atoms with Crippen molar-refractivity contribution in [2.45, 2.75) is 18.9 Å². The van der Waals surface area contributed by atoms with E-state index in [-0.39, 0.29) is 28.8 Å². The fourth-order valence-corrected chi connectivity index (χ4v) is 4.31. The smallest absolute Gasteiger partial charge is 0.271 e. The Morgan fingerprint density at radius 2 is 2.24 bits per heavy atom. The number of ether oxygens (including phenoxy) is 1. The number of hydrogen-bond donors (Lipinski definition) is 1. The Labute approximate surface area is 148 Å². The van der Waals surface area contributed by atoms with Crippen LogP contribution in [0, 0.1) is 0 Å². The number of fused-ring (bicyclic) bond motifs is 1. The van der Waals surface area contributed by atoms with Crippen LogP contribution < -0.4 is 10.2 Å². The van der Waals surface area contributed by atoms with E-state index >= 15 is 0 Å². The largest absolute Gasteiger partial charge is 0.491 e. The van der Waals surface area contributed by atoms with Crippen molar-refractivity contribution in [3.8, 4) is 5.75 Å². The molecule has 0 spiro atoms. The Bertz CT molecular complexity index is 961. The zero-order valence-electron chi connectivity index (χ0n) is 13.7. The molecule has 1 amide bonds. The number of hydrogen-bond acceptors (Lipinski definition) is 5. The number of pyridine rings is 1. The maximum Gasteiger partial charge on any atom is 0.271 e. The van der Waals surface area contributed by atoms with Crippen molar-refractivity contribution < 1.29 is 9.53 Å². The topological polar surface area (TPSA) is 75.3 Å². The highest BCUT2D eigenvalue weighted by Gasteiger charge is 2.33. The van der Waals surface area contributed by atoms with Crippen molar-refractivity contribution in [3.05, 3.63) is 57.5 Å². The number of aromatic nitrogens is 2. The second-order valence-corrected chi connectivity index (χ2v) is 7.02. The summed E-state index contributed by atoms with van der Waals surface area (Å²) in [6, 6.07) is 9.23. The summed E-state index contributed by atoms with van der Waals surface area (Å²) in [4.78, 5) is 34.2. The predicted octanol–water partition coefficient (Wildman–Crippen LogP) is 2.97. The van der Waals surface area contributed by atoms with Gasteiger partial charge in [0, 0.05) is 18.8 Å². The summed E-state index contributed by atoms with van der Waals surface area (Å²) in [7, 11) is 1.43. The van der Waals surface area contributed by atoms with Gasteiger partial charge in [0.25, 0.3) is 5.91 Å². The molecule has 1 aliphatic rings. The molecule has 25 heavy (non-hydrogen) atoms. The number of rotatable bonds is 3. The normalized spacial score (nSPS) is 17.2. The van der Waals surface area contributed by atoms with Gasteiger partial charge in [-0.1, -0.05) is 12.1 Å². The van der Waals surface area contributed by atoms with Crippen molar-refractivity contribution in [2.75, 3.05) is 13.7 Å². The third-order valence-corrected chi connectivity index (χ3v) is 5.57. The van der Waals surface area contributed by atoms with Crippen molar-refractivity contribution in [2.24, 2.45) is 0 Å². The zero-order valence-corrected chi connectivity index (χ0v) is 14.5. The van der Waals surface area contributed by atoms with E-state index in [1.165, 1.54) is 19.4 Å². The Hall–Kier alpha value is -2.67. The van der Waals surface area contributed by atoms with Gasteiger partial charge in [0.1, 0.15) is 10.7 Å². The monoisotopic (exact) mass is 355 g/mol. The van der Waals surface area contributed by atoms with Gasteiger partial charge < -0.3 is 14.6 Å². The van der Waals surface area contributed by atoms with Gasteiger partial charge in [-0.25, -0.2) is 4.98 Å². The second-order valence-electron chi connectivity index (χ2n) is 5.96. The SMILES string of the molecule is COc1c[nH]c(C(=O)N2CCC[C@@H]2c2nc3ccccc3s2)cc1=O. The highest BCUT2D eigenvalue weighted by molar-refractivity contribution is 7.18. The minimum Gasteiger partial charge on any atom is -0.491 e. The van der Waals surface area contributed by atoms with E-state index in [0.29, 0.717) is 6.54 Å². The lowest BCUT2D eigenvalue weighted by Crippen LogP contribution is -2.31. The van der Waals surface area contributed by atoms with Crippen molar-refractivity contribution in [3.63, 3.8) is 0 Å². The van der Waals surface area contributed by atoms with Gasteiger partial charge in [0.05, 0.1) is 23.4 Å². The summed E-state index contributed by atoms with van der Waals surface area (Å²) in [5.74, 6) is 0.0159. The summed E-state index contributed by atoms with van der Waals surface area (Å²) in [5.41, 5.74) is 0.929. The number of methoxy groups -OCH3 is 1. The van der Waals surface area contributed by atoms with Crippen molar-refractivity contribution in [1.82, 2.24) is 14.9 Å². The molecule has 1 atom stereocenters. The first-order chi connectivity index (χ1) is 12.2. The number of nitrogens with one attached hydrogen (secondary N) is 1. The number of nitrogens with zero attached hydrogens (tertiary/aromatic N) is 2. The molecular formula is C18H17N3O3S. The maximum atomic E-state index is 12.9. The minimum absolute atomic E-state index is 0.0458. The first-order valence-corrected chi connectivity index (χ1v) is 8.92. The summed E-state index contributed by atoms with van der Waals surface area (Å²) in [6.45, 7) is 0.660. The molecule has 3 heterocycles. The van der Waals surface area contributed by atoms with Crippen LogP contribution in [0.3, 0.4) is 0 Å². The van der Waals surface area contributed by atoms with Crippen LogP contribution in [0.25, 0.3) is 10.2 Å². The standard InChI is InChI=1S/C18H17N3O3S/c1-24-15-10-19-12(9-14(15)22)18(23)21-8-4-6-13(21)17-20-11-5-2-3-7-16(11)25-17/h2-3,5,7,9-10,13H,4,6,8H2,1H3,(H,19,22)/t13-/m1/s1. The third kappa shape index (κ3) is 2.80. The van der Waals surface area contributed by atoms with E-state index in [1.54, 1.807) is 16.2 Å². The Balaban J connectivity index is 1.65. The average Bonchev–Trinajstić information content (AvgIpc) is 3.27. The zero-order chi connectivity index (χ0) is 17.4. The first-order valence-electron chi connectivity index (χ1n) is 8.10. The fraction of sp³-hybridized carbons (Fsp3) is 0.278. The van der Waals surface area contributed by atoms with Crippen LogP contribution in [0.15, 0.2) is 41.3 Å². The number of likely N-dealkylation sites (tertiary alicyclic amines) is 1. The molecule has 4 rings (SSSR count). The number of benzene rings is 1. The van der Waals surface area contributed by atoms with Crippen LogP contribution >= 0.6 is 11.3 Å². The Kier molecular flexibility index (Phi) is 4.01. The lowest BCUT2D eigenvalue weighted by Gasteiger charge is -2.23. The van der Waals surface area contributed by atoms with Gasteiger partial charge in [0.15, 0.2) is 5.75 Å². The van der Waals surface area contributed by atoms with E-state index in [4.69, 9.17) is 9.72 Å². The lowest BCUT2D eigenvalue weighted by atomic mass is 10.2. The number of H-pyrrole nitrogens is 1. The molecule has 1 saturated heterocycles. The molecule has 1 aliphatic heterocycles. The van der Waals surface area contributed by atoms with E-state index in [1.807, 2.05) is 24.3 Å². The average molecular weight is 355 g/mol. The molecule has 7 heteroatoms. The van der Waals surface area contributed by atoms with Crippen molar-refractivity contribution >= 4 is 27.5 Å². The van der Waals surface area contributed by atoms with E-state index in [0.717, 1.165) is 28.1 Å². The van der Waals surface area contributed by atoms with Crippen LogP contribution in [0.2, 0.25) is 0 Å². The molecule has 128 valence electrons. The highest BCUT2D eigenvalue weighted by Crippen LogP contribution is 2.37. The molecule has 3 aromatic rings. The summed E-state index contributed by atoms with van der Waals surface area (Å²) >= 11 is 1.62. The van der Waals surface area contributed by atoms with E-state index in [2.05, 4.69) is 4.98 Å². The van der Waals surface area contributed by atoms with Crippen LogP contribution in [0.4, 0.5) is 0 Å². The minimum atomic E-state index is -0.305. The molecule has 0 saturated carbocycles. The molecule has 1 fully saturated rings. The van der Waals surface area contributed by atoms with Crippen LogP contribution in [0.5, 0.6) is 5.75 Å². The molecule has 0 unspecified atom stereocenters. The molecular weight excluding hydrogens is 338 g/mol. The first kappa shape index (κ1) is 15.8. The predicted molar refractivity (Wildman–Crippen MR) is 96.2 cm³/mol. The highest BCUT2D eigenvalue weighted by atomic mass is 32.1. The maximum absolute atomic E-state index is 12.9. The third-order valence-electron chi connectivity index (χ3n) is 4.44. The number of thiazole rings is 1. The van der Waals surface area contributed by atoms with Crippen LogP contribution in [-0.4, -0.2) is 34.4 Å². The molecule has 1 N–H and O–H groups in total. The fourth-order valence-electron chi connectivity index (χ4n) is 3.20. The molecule has 0 aliphatic carbocycles. The van der Waals surface area contributed by atoms with Gasteiger partial charge in [-0.2, -0.15) is 0 Å². The number of para-hydroxylation sites is 1. The molecule has 2 aromatic heterocycles. The summed E-state index contributed by atoms with van der Waals surface area (Å²) < 4.78 is 6.07.